The zero-order valence-corrected chi connectivity index (χ0v) is 14.6. The molecule has 4 heterocycles. The van der Waals surface area contributed by atoms with Crippen LogP contribution in [0.4, 0.5) is 0 Å². The molecule has 1 unspecified atom stereocenters. The maximum atomic E-state index is 11.5. The highest BCUT2D eigenvalue weighted by atomic mass is 16.7. The summed E-state index contributed by atoms with van der Waals surface area (Å²) < 4.78 is 18.1. The molecule has 25 heavy (non-hydrogen) atoms. The Balaban J connectivity index is 1.50. The normalized spacial score (nSPS) is 53.3. The lowest BCUT2D eigenvalue weighted by Gasteiger charge is -2.65. The van der Waals surface area contributed by atoms with Crippen molar-refractivity contribution in [3.8, 4) is 0 Å². The van der Waals surface area contributed by atoms with Crippen molar-refractivity contribution in [2.45, 2.75) is 57.0 Å². The molecule has 5 aliphatic rings. The van der Waals surface area contributed by atoms with Crippen LogP contribution in [-0.2, 0) is 9.47 Å². The van der Waals surface area contributed by atoms with Crippen LogP contribution in [-0.4, -0.2) is 35.9 Å². The molecule has 0 amide bonds. The van der Waals surface area contributed by atoms with Crippen molar-refractivity contribution in [1.82, 2.24) is 0 Å². The SMILES string of the molecule is C[C@@H]1CC2=NC[C@@]3(O)CCC[C@@H]4C15C[C@@H](c1ccoc1)O[C@@H]5OC[C@@]243. The minimum absolute atomic E-state index is 0.0243. The van der Waals surface area contributed by atoms with E-state index < -0.39 is 5.60 Å². The van der Waals surface area contributed by atoms with Crippen molar-refractivity contribution in [1.29, 1.82) is 0 Å². The van der Waals surface area contributed by atoms with E-state index in [9.17, 15) is 5.11 Å². The van der Waals surface area contributed by atoms with Gasteiger partial charge in [0.05, 0.1) is 42.8 Å². The van der Waals surface area contributed by atoms with Gasteiger partial charge in [-0.25, -0.2) is 0 Å². The first kappa shape index (κ1) is 14.9. The van der Waals surface area contributed by atoms with Crippen molar-refractivity contribution >= 4 is 5.71 Å². The second-order valence-electron chi connectivity index (χ2n) is 8.96. The average Bonchev–Trinajstić information content (AvgIpc) is 3.29. The van der Waals surface area contributed by atoms with Crippen molar-refractivity contribution < 1.29 is 19.0 Å². The summed E-state index contributed by atoms with van der Waals surface area (Å²) in [4.78, 5) is 4.84. The zero-order chi connectivity index (χ0) is 16.9. The fourth-order valence-corrected chi connectivity index (χ4v) is 7.10. The molecule has 1 aromatic heterocycles. The van der Waals surface area contributed by atoms with Crippen LogP contribution in [0.15, 0.2) is 28.0 Å². The van der Waals surface area contributed by atoms with Crippen LogP contribution in [0.3, 0.4) is 0 Å². The Morgan fingerprint density at radius 1 is 1.36 bits per heavy atom. The predicted octanol–water partition coefficient (Wildman–Crippen LogP) is 3.10. The Bertz CT molecular complexity index is 745. The maximum Gasteiger partial charge on any atom is 0.164 e. The molecule has 1 aromatic rings. The van der Waals surface area contributed by atoms with Gasteiger partial charge in [0.25, 0.3) is 0 Å². The summed E-state index contributed by atoms with van der Waals surface area (Å²) in [7, 11) is 0. The van der Waals surface area contributed by atoms with Gasteiger partial charge in [0.2, 0.25) is 0 Å². The maximum absolute atomic E-state index is 11.5. The van der Waals surface area contributed by atoms with Gasteiger partial charge >= 0.3 is 0 Å². The summed E-state index contributed by atoms with van der Waals surface area (Å²) >= 11 is 0. The number of aliphatic imine (C=N–C) groups is 1. The molecular formula is C20H25NO4. The average molecular weight is 343 g/mol. The van der Waals surface area contributed by atoms with Gasteiger partial charge in [-0.15, -0.1) is 0 Å². The Labute approximate surface area is 147 Å². The lowest BCUT2D eigenvalue weighted by atomic mass is 9.41. The van der Waals surface area contributed by atoms with E-state index in [0.717, 1.165) is 37.7 Å². The molecule has 7 atom stereocenters. The van der Waals surface area contributed by atoms with Crippen molar-refractivity contribution in [2.24, 2.45) is 27.7 Å². The molecule has 5 heteroatoms. The fourth-order valence-electron chi connectivity index (χ4n) is 7.10. The second kappa shape index (κ2) is 4.56. The highest BCUT2D eigenvalue weighted by molar-refractivity contribution is 5.95. The van der Waals surface area contributed by atoms with Crippen LogP contribution in [0.25, 0.3) is 0 Å². The Morgan fingerprint density at radius 3 is 3.12 bits per heavy atom. The van der Waals surface area contributed by atoms with E-state index in [0.29, 0.717) is 25.0 Å². The van der Waals surface area contributed by atoms with Gasteiger partial charge in [0, 0.05) is 16.7 Å². The van der Waals surface area contributed by atoms with E-state index in [-0.39, 0.29) is 23.2 Å². The quantitative estimate of drug-likeness (QED) is 0.851. The van der Waals surface area contributed by atoms with Gasteiger partial charge in [-0.05, 0) is 43.6 Å². The number of hydrogen-bond donors (Lipinski definition) is 1. The predicted molar refractivity (Wildman–Crippen MR) is 90.1 cm³/mol. The number of hydrogen-bond acceptors (Lipinski definition) is 5. The van der Waals surface area contributed by atoms with Crippen molar-refractivity contribution in [2.75, 3.05) is 13.2 Å². The number of rotatable bonds is 1. The van der Waals surface area contributed by atoms with Gasteiger partial charge in [-0.3, -0.25) is 4.99 Å². The molecule has 2 bridgehead atoms. The highest BCUT2D eigenvalue weighted by Crippen LogP contribution is 2.71. The standard InChI is InChI=1S/C20H25NO4/c1-12-7-16-20-11-24-17-19(12,8-14(25-17)13-4-6-23-9-13)15(20)3-2-5-18(20,22)10-21-16/h4,6,9,12,14-15,17,22H,2-3,5,7-8,10-11H2,1H3/t12-,14+,15-,17+,18+,19?,20+/m1/s1. The smallest absolute Gasteiger partial charge is 0.164 e. The summed E-state index contributed by atoms with van der Waals surface area (Å²) in [5.41, 5.74) is 1.31. The van der Waals surface area contributed by atoms with E-state index >= 15 is 0 Å². The van der Waals surface area contributed by atoms with E-state index in [1.807, 2.05) is 6.07 Å². The van der Waals surface area contributed by atoms with Crippen molar-refractivity contribution in [3.05, 3.63) is 24.2 Å². The molecular weight excluding hydrogens is 318 g/mol. The summed E-state index contributed by atoms with van der Waals surface area (Å²) in [5.74, 6) is 0.853. The fraction of sp³-hybridized carbons (Fsp3) is 0.750. The Hall–Kier alpha value is -1.17. The summed E-state index contributed by atoms with van der Waals surface area (Å²) in [6.45, 7) is 3.45. The first-order valence-electron chi connectivity index (χ1n) is 9.65. The number of ether oxygens (including phenoxy) is 2. The lowest BCUT2D eigenvalue weighted by Crippen LogP contribution is -2.72. The van der Waals surface area contributed by atoms with Crippen molar-refractivity contribution in [3.63, 3.8) is 0 Å². The molecule has 2 saturated carbocycles. The van der Waals surface area contributed by atoms with Crippen LogP contribution < -0.4 is 0 Å². The minimum atomic E-state index is -0.711. The molecule has 4 fully saturated rings. The monoisotopic (exact) mass is 343 g/mol. The van der Waals surface area contributed by atoms with Crippen LogP contribution in [0.1, 0.15) is 50.7 Å². The zero-order valence-electron chi connectivity index (χ0n) is 14.6. The minimum Gasteiger partial charge on any atom is -0.472 e. The molecule has 3 aliphatic heterocycles. The van der Waals surface area contributed by atoms with E-state index in [2.05, 4.69) is 6.92 Å². The first-order valence-corrected chi connectivity index (χ1v) is 9.65. The largest absolute Gasteiger partial charge is 0.472 e. The van der Waals surface area contributed by atoms with Crippen LogP contribution in [0.2, 0.25) is 0 Å². The van der Waals surface area contributed by atoms with Gasteiger partial charge < -0.3 is 19.0 Å². The molecule has 2 spiro atoms. The molecule has 0 radical (unpaired) electrons. The van der Waals surface area contributed by atoms with Crippen LogP contribution in [0.5, 0.6) is 0 Å². The summed E-state index contributed by atoms with van der Waals surface area (Å²) in [6.07, 6.45) is 8.35. The van der Waals surface area contributed by atoms with Gasteiger partial charge in [-0.1, -0.05) is 13.3 Å². The topological polar surface area (TPSA) is 64.2 Å². The van der Waals surface area contributed by atoms with Gasteiger partial charge in [-0.2, -0.15) is 0 Å². The lowest BCUT2D eigenvalue weighted by molar-refractivity contribution is -0.297. The van der Waals surface area contributed by atoms with E-state index in [4.69, 9.17) is 18.9 Å². The first-order chi connectivity index (χ1) is 12.1. The van der Waals surface area contributed by atoms with E-state index in [1.165, 1.54) is 5.71 Å². The van der Waals surface area contributed by atoms with Gasteiger partial charge in [0.1, 0.15) is 0 Å². The second-order valence-corrected chi connectivity index (χ2v) is 8.96. The third kappa shape index (κ3) is 1.52. The molecule has 1 N–H and O–H groups in total. The number of aliphatic hydroxyl groups is 1. The van der Waals surface area contributed by atoms with Gasteiger partial charge in [0.15, 0.2) is 6.29 Å². The number of furan rings is 1. The molecule has 134 valence electrons. The molecule has 6 rings (SSSR count). The Kier molecular flexibility index (Phi) is 2.73. The van der Waals surface area contributed by atoms with Crippen LogP contribution >= 0.6 is 0 Å². The molecule has 2 aliphatic carbocycles. The molecule has 0 aromatic carbocycles. The third-order valence-electron chi connectivity index (χ3n) is 8.26. The summed E-state index contributed by atoms with van der Waals surface area (Å²) in [5, 5.41) is 11.5. The number of nitrogens with zero attached hydrogens (tertiary/aromatic N) is 1. The highest BCUT2D eigenvalue weighted by Gasteiger charge is 2.76. The van der Waals surface area contributed by atoms with Crippen LogP contribution in [0, 0.1) is 22.7 Å². The molecule has 2 saturated heterocycles. The Morgan fingerprint density at radius 2 is 2.28 bits per heavy atom. The third-order valence-corrected chi connectivity index (χ3v) is 8.26. The molecule has 5 nitrogen and oxygen atoms in total. The van der Waals surface area contributed by atoms with E-state index in [1.54, 1.807) is 12.5 Å². The summed E-state index contributed by atoms with van der Waals surface area (Å²) in [6, 6.07) is 2.00.